The van der Waals surface area contributed by atoms with Gasteiger partial charge in [-0.2, -0.15) is 5.10 Å². The largest absolute Gasteiger partial charge is 0.451 e. The Balaban J connectivity index is 1.63. The monoisotopic (exact) mass is 435 g/mol. The number of fused-ring (bicyclic) bond motifs is 1. The Bertz CT molecular complexity index is 1110. The standard InChI is InChI=1S/C25H29N3O4/c1-2-3-4-10-17-28-24(30)21-14-9-8-13-20(21)23(27-28)25(31)32-18-22(29)26-16-15-19-11-6-5-7-12-19/h5-9,11-14H,2-4,10,15-18H2,1H3,(H,26,29). The molecule has 1 N–H and O–H groups in total. The van der Waals surface area contributed by atoms with Gasteiger partial charge in [-0.3, -0.25) is 9.59 Å². The van der Waals surface area contributed by atoms with Crippen LogP contribution in [0.3, 0.4) is 0 Å². The molecular weight excluding hydrogens is 406 g/mol. The molecule has 0 bridgehead atoms. The Hall–Kier alpha value is -3.48. The number of hydrogen-bond acceptors (Lipinski definition) is 5. The second kappa shape index (κ2) is 11.8. The fourth-order valence-corrected chi connectivity index (χ4v) is 3.47. The summed E-state index contributed by atoms with van der Waals surface area (Å²) in [6.07, 6.45) is 4.65. The summed E-state index contributed by atoms with van der Waals surface area (Å²) in [6, 6.07) is 16.6. The van der Waals surface area contributed by atoms with Crippen molar-refractivity contribution in [2.45, 2.75) is 45.6 Å². The van der Waals surface area contributed by atoms with Gasteiger partial charge in [0.15, 0.2) is 12.3 Å². The average molecular weight is 436 g/mol. The molecule has 0 aliphatic heterocycles. The third-order valence-corrected chi connectivity index (χ3v) is 5.20. The zero-order valence-electron chi connectivity index (χ0n) is 18.4. The number of aromatic nitrogens is 2. The van der Waals surface area contributed by atoms with Gasteiger partial charge in [0.25, 0.3) is 11.5 Å². The number of amides is 1. The minimum atomic E-state index is -0.721. The van der Waals surface area contributed by atoms with Crippen LogP contribution in [-0.4, -0.2) is 34.8 Å². The third-order valence-electron chi connectivity index (χ3n) is 5.20. The van der Waals surface area contributed by atoms with Crippen LogP contribution in [0.15, 0.2) is 59.4 Å². The summed E-state index contributed by atoms with van der Waals surface area (Å²) >= 11 is 0. The molecule has 7 heteroatoms. The number of carbonyl (C=O) groups excluding carboxylic acids is 2. The van der Waals surface area contributed by atoms with Crippen molar-refractivity contribution in [2.75, 3.05) is 13.2 Å². The van der Waals surface area contributed by atoms with Gasteiger partial charge in [0.1, 0.15) is 0 Å². The number of esters is 1. The number of unbranched alkanes of at least 4 members (excludes halogenated alkanes) is 3. The van der Waals surface area contributed by atoms with E-state index in [9.17, 15) is 14.4 Å². The molecule has 0 aliphatic rings. The second-order valence-corrected chi connectivity index (χ2v) is 7.64. The molecule has 7 nitrogen and oxygen atoms in total. The van der Waals surface area contributed by atoms with Gasteiger partial charge in [-0.25, -0.2) is 9.48 Å². The van der Waals surface area contributed by atoms with Gasteiger partial charge in [0.2, 0.25) is 0 Å². The number of rotatable bonds is 11. The van der Waals surface area contributed by atoms with Crippen LogP contribution in [0.4, 0.5) is 0 Å². The zero-order chi connectivity index (χ0) is 22.8. The Morgan fingerprint density at radius 2 is 1.69 bits per heavy atom. The van der Waals surface area contributed by atoms with Crippen molar-refractivity contribution >= 4 is 22.6 Å². The molecule has 0 saturated heterocycles. The average Bonchev–Trinajstić information content (AvgIpc) is 2.82. The molecule has 1 amide bonds. The van der Waals surface area contributed by atoms with Crippen molar-refractivity contribution in [1.29, 1.82) is 0 Å². The molecule has 0 spiro atoms. The van der Waals surface area contributed by atoms with Gasteiger partial charge in [0, 0.05) is 18.5 Å². The molecule has 0 atom stereocenters. The van der Waals surface area contributed by atoms with Crippen molar-refractivity contribution in [1.82, 2.24) is 15.1 Å². The topological polar surface area (TPSA) is 90.3 Å². The highest BCUT2D eigenvalue weighted by atomic mass is 16.5. The Kier molecular flexibility index (Phi) is 8.54. The summed E-state index contributed by atoms with van der Waals surface area (Å²) < 4.78 is 6.54. The van der Waals surface area contributed by atoms with E-state index in [1.165, 1.54) is 4.68 Å². The molecule has 2 aromatic carbocycles. The molecule has 0 aliphatic carbocycles. The molecule has 1 heterocycles. The molecule has 3 aromatic rings. The van der Waals surface area contributed by atoms with E-state index >= 15 is 0 Å². The van der Waals surface area contributed by atoms with E-state index in [2.05, 4.69) is 17.3 Å². The summed E-state index contributed by atoms with van der Waals surface area (Å²) in [5, 5.41) is 7.86. The number of hydrogen-bond donors (Lipinski definition) is 1. The highest BCUT2D eigenvalue weighted by Gasteiger charge is 2.19. The lowest BCUT2D eigenvalue weighted by atomic mass is 10.1. The van der Waals surface area contributed by atoms with E-state index in [1.54, 1.807) is 24.3 Å². The maximum absolute atomic E-state index is 12.8. The number of nitrogens with one attached hydrogen (secondary N) is 1. The van der Waals surface area contributed by atoms with E-state index < -0.39 is 12.6 Å². The normalized spacial score (nSPS) is 10.8. The summed E-state index contributed by atoms with van der Waals surface area (Å²) in [7, 11) is 0. The highest BCUT2D eigenvalue weighted by molar-refractivity contribution is 6.02. The minimum absolute atomic E-state index is 0.0489. The number of nitrogens with zero attached hydrogens (tertiary/aromatic N) is 2. The van der Waals surface area contributed by atoms with Crippen LogP contribution in [-0.2, 0) is 22.5 Å². The second-order valence-electron chi connectivity index (χ2n) is 7.64. The maximum atomic E-state index is 12.8. The lowest BCUT2D eigenvalue weighted by Crippen LogP contribution is -2.31. The highest BCUT2D eigenvalue weighted by Crippen LogP contribution is 2.14. The number of benzene rings is 2. The number of carbonyl (C=O) groups is 2. The first kappa shape index (κ1) is 23.2. The predicted molar refractivity (Wildman–Crippen MR) is 124 cm³/mol. The molecule has 0 saturated carbocycles. The van der Waals surface area contributed by atoms with Crippen LogP contribution in [0, 0.1) is 0 Å². The molecule has 168 valence electrons. The van der Waals surface area contributed by atoms with E-state index in [4.69, 9.17) is 4.74 Å². The molecule has 0 fully saturated rings. The summed E-state index contributed by atoms with van der Waals surface area (Å²) in [5.41, 5.74) is 0.932. The maximum Gasteiger partial charge on any atom is 0.359 e. The van der Waals surface area contributed by atoms with Crippen molar-refractivity contribution in [3.05, 3.63) is 76.2 Å². The van der Waals surface area contributed by atoms with Gasteiger partial charge >= 0.3 is 5.97 Å². The lowest BCUT2D eigenvalue weighted by molar-refractivity contribution is -0.124. The molecule has 3 rings (SSSR count). The van der Waals surface area contributed by atoms with Crippen molar-refractivity contribution in [2.24, 2.45) is 0 Å². The van der Waals surface area contributed by atoms with Crippen LogP contribution in [0.1, 0.15) is 48.7 Å². The van der Waals surface area contributed by atoms with Gasteiger partial charge < -0.3 is 10.1 Å². The third kappa shape index (κ3) is 6.26. The minimum Gasteiger partial charge on any atom is -0.451 e. The van der Waals surface area contributed by atoms with Crippen LogP contribution >= 0.6 is 0 Å². The molecular formula is C25H29N3O4. The van der Waals surface area contributed by atoms with Crippen LogP contribution < -0.4 is 10.9 Å². The summed E-state index contributed by atoms with van der Waals surface area (Å²) in [5.74, 6) is -1.10. The Morgan fingerprint density at radius 1 is 0.969 bits per heavy atom. The summed E-state index contributed by atoms with van der Waals surface area (Å²) in [6.45, 7) is 2.60. The molecule has 1 aromatic heterocycles. The first-order valence-electron chi connectivity index (χ1n) is 11.1. The molecule has 32 heavy (non-hydrogen) atoms. The molecule has 0 radical (unpaired) electrons. The molecule has 0 unspecified atom stereocenters. The van der Waals surface area contributed by atoms with Gasteiger partial charge in [-0.15, -0.1) is 0 Å². The van der Waals surface area contributed by atoms with E-state index in [-0.39, 0.29) is 17.2 Å². The van der Waals surface area contributed by atoms with Crippen LogP contribution in [0.5, 0.6) is 0 Å². The Morgan fingerprint density at radius 3 is 2.44 bits per heavy atom. The summed E-state index contributed by atoms with van der Waals surface area (Å²) in [4.78, 5) is 37.6. The fraction of sp³-hybridized carbons (Fsp3) is 0.360. The van der Waals surface area contributed by atoms with E-state index in [0.717, 1.165) is 31.2 Å². The quantitative estimate of drug-likeness (QED) is 0.368. The fourth-order valence-electron chi connectivity index (χ4n) is 3.47. The van der Waals surface area contributed by atoms with Crippen LogP contribution in [0.2, 0.25) is 0 Å². The first-order chi connectivity index (χ1) is 15.6. The van der Waals surface area contributed by atoms with Crippen molar-refractivity contribution < 1.29 is 14.3 Å². The number of aryl methyl sites for hydroxylation is 1. The predicted octanol–water partition coefficient (Wildman–Crippen LogP) is 3.49. The lowest BCUT2D eigenvalue weighted by Gasteiger charge is -2.11. The number of ether oxygens (including phenoxy) is 1. The van der Waals surface area contributed by atoms with Gasteiger partial charge in [0.05, 0.1) is 5.39 Å². The van der Waals surface area contributed by atoms with E-state index in [1.807, 2.05) is 30.3 Å². The van der Waals surface area contributed by atoms with Crippen molar-refractivity contribution in [3.63, 3.8) is 0 Å². The smallest absolute Gasteiger partial charge is 0.359 e. The van der Waals surface area contributed by atoms with Gasteiger partial charge in [-0.1, -0.05) is 74.7 Å². The SMILES string of the molecule is CCCCCCn1nc(C(=O)OCC(=O)NCCc2ccccc2)c2ccccc2c1=O. The first-order valence-corrected chi connectivity index (χ1v) is 11.1. The van der Waals surface area contributed by atoms with Crippen molar-refractivity contribution in [3.8, 4) is 0 Å². The zero-order valence-corrected chi connectivity index (χ0v) is 18.4. The van der Waals surface area contributed by atoms with Crippen LogP contribution in [0.25, 0.3) is 10.8 Å². The van der Waals surface area contributed by atoms with Gasteiger partial charge in [-0.05, 0) is 24.5 Å². The Labute approximate surface area is 187 Å². The van der Waals surface area contributed by atoms with E-state index in [0.29, 0.717) is 30.3 Å².